The summed E-state index contributed by atoms with van der Waals surface area (Å²) >= 11 is 0. The first-order chi connectivity index (χ1) is 12.8. The molecule has 26 heavy (non-hydrogen) atoms. The van der Waals surface area contributed by atoms with Gasteiger partial charge in [-0.2, -0.15) is 0 Å². The summed E-state index contributed by atoms with van der Waals surface area (Å²) in [4.78, 5) is 25.6. The summed E-state index contributed by atoms with van der Waals surface area (Å²) in [6.07, 6.45) is 1.67. The minimum atomic E-state index is -0.193. The Kier molecular flexibility index (Phi) is 4.16. The molecule has 0 fully saturated rings. The molecule has 0 aliphatic carbocycles. The Morgan fingerprint density at radius 1 is 0.577 bits per heavy atom. The lowest BCUT2D eigenvalue weighted by molar-refractivity contribution is 1.24. The zero-order chi connectivity index (χ0) is 17.9. The molecule has 4 aromatic rings. The Morgan fingerprint density at radius 2 is 1.00 bits per heavy atom. The molecule has 4 aromatic carbocycles. The predicted molar refractivity (Wildman–Crippen MR) is 105 cm³/mol. The van der Waals surface area contributed by atoms with E-state index in [4.69, 9.17) is 0 Å². The highest BCUT2D eigenvalue weighted by molar-refractivity contribution is 5.79. The van der Waals surface area contributed by atoms with Gasteiger partial charge in [-0.15, -0.1) is 0 Å². The summed E-state index contributed by atoms with van der Waals surface area (Å²) in [7, 11) is 0. The molecule has 0 spiro atoms. The second-order valence-corrected chi connectivity index (χ2v) is 6.11. The van der Waals surface area contributed by atoms with Crippen molar-refractivity contribution in [3.05, 3.63) is 139 Å². The van der Waals surface area contributed by atoms with Crippen LogP contribution in [0.1, 0.15) is 16.7 Å². The average Bonchev–Trinajstić information content (AvgIpc) is 2.72. The van der Waals surface area contributed by atoms with Crippen molar-refractivity contribution < 1.29 is 0 Å². The van der Waals surface area contributed by atoms with Gasteiger partial charge in [0.05, 0.1) is 10.4 Å². The van der Waals surface area contributed by atoms with Crippen molar-refractivity contribution in [2.24, 2.45) is 0 Å². The Balaban J connectivity index is 2.02. The van der Waals surface area contributed by atoms with Gasteiger partial charge in [-0.25, -0.2) is 0 Å². The van der Waals surface area contributed by atoms with Crippen LogP contribution in [-0.2, 0) is 0 Å². The molecule has 0 heterocycles. The molecule has 0 aliphatic heterocycles. The maximum absolute atomic E-state index is 12.8. The standard InChI is InChI=1S/C24H16O2/c25-23-20(16-17-10-4-1-5-11-17)24(26)22(23)21(18-12-6-2-7-13-18)19-14-8-3-9-15-19/h1-16H. The van der Waals surface area contributed by atoms with E-state index < -0.39 is 0 Å². The Morgan fingerprint density at radius 3 is 1.46 bits per heavy atom. The molecular formula is C24H16O2. The average molecular weight is 336 g/mol. The van der Waals surface area contributed by atoms with Crippen molar-refractivity contribution in [2.75, 3.05) is 0 Å². The summed E-state index contributed by atoms with van der Waals surface area (Å²) in [5, 5.41) is 0.514. The molecule has 124 valence electrons. The first-order valence-electron chi connectivity index (χ1n) is 8.47. The highest BCUT2D eigenvalue weighted by atomic mass is 16.1. The molecule has 0 aromatic heterocycles. The molecule has 0 amide bonds. The van der Waals surface area contributed by atoms with Crippen LogP contribution in [0, 0.1) is 0 Å². The molecule has 4 rings (SSSR count). The maximum Gasteiger partial charge on any atom is 0.201 e. The van der Waals surface area contributed by atoms with Gasteiger partial charge in [0.25, 0.3) is 0 Å². The van der Waals surface area contributed by atoms with Gasteiger partial charge < -0.3 is 0 Å². The van der Waals surface area contributed by atoms with Gasteiger partial charge in [-0.3, -0.25) is 9.59 Å². The van der Waals surface area contributed by atoms with E-state index in [1.54, 1.807) is 6.08 Å². The highest BCUT2D eigenvalue weighted by Gasteiger charge is 2.16. The number of rotatable bonds is 3. The van der Waals surface area contributed by atoms with Crippen LogP contribution in [0.15, 0.2) is 101 Å². The lowest BCUT2D eigenvalue weighted by Gasteiger charge is -2.09. The van der Waals surface area contributed by atoms with Crippen molar-refractivity contribution in [3.63, 3.8) is 0 Å². The summed E-state index contributed by atoms with van der Waals surface area (Å²) in [5.74, 6) is 0. The first kappa shape index (κ1) is 16.0. The summed E-state index contributed by atoms with van der Waals surface area (Å²) < 4.78 is 0. The lowest BCUT2D eigenvalue weighted by atomic mass is 9.93. The third-order valence-electron chi connectivity index (χ3n) is 4.43. The van der Waals surface area contributed by atoms with Crippen molar-refractivity contribution in [3.8, 4) is 0 Å². The van der Waals surface area contributed by atoms with Crippen molar-refractivity contribution in [1.29, 1.82) is 0 Å². The fourth-order valence-electron chi connectivity index (χ4n) is 3.15. The van der Waals surface area contributed by atoms with E-state index in [1.165, 1.54) is 0 Å². The number of hydrogen-bond donors (Lipinski definition) is 0. The molecule has 0 aliphatic rings. The zero-order valence-corrected chi connectivity index (χ0v) is 14.1. The molecule has 0 N–H and O–H groups in total. The number of benzene rings is 3. The topological polar surface area (TPSA) is 34.1 Å². The Labute approximate surface area is 150 Å². The minimum Gasteiger partial charge on any atom is -0.288 e. The van der Waals surface area contributed by atoms with Crippen LogP contribution >= 0.6 is 0 Å². The van der Waals surface area contributed by atoms with Crippen LogP contribution in [0.5, 0.6) is 0 Å². The molecule has 2 heteroatoms. The van der Waals surface area contributed by atoms with Gasteiger partial charge in [0, 0.05) is 5.57 Å². The molecule has 0 atom stereocenters. The van der Waals surface area contributed by atoms with E-state index in [1.807, 2.05) is 91.0 Å². The third-order valence-corrected chi connectivity index (χ3v) is 4.43. The Bertz CT molecular complexity index is 1160. The van der Waals surface area contributed by atoms with Gasteiger partial charge in [0.2, 0.25) is 10.9 Å². The molecule has 0 saturated carbocycles. The molecule has 0 saturated heterocycles. The van der Waals surface area contributed by atoms with Crippen LogP contribution in [0.4, 0.5) is 0 Å². The molecule has 0 bridgehead atoms. The van der Waals surface area contributed by atoms with Gasteiger partial charge in [0.1, 0.15) is 0 Å². The zero-order valence-electron chi connectivity index (χ0n) is 14.1. The third kappa shape index (κ3) is 2.82. The van der Waals surface area contributed by atoms with Crippen molar-refractivity contribution >= 4 is 11.6 Å². The summed E-state index contributed by atoms with van der Waals surface area (Å²) in [6, 6.07) is 28.6. The fourth-order valence-corrected chi connectivity index (χ4v) is 3.15. The van der Waals surface area contributed by atoms with E-state index in [2.05, 4.69) is 0 Å². The van der Waals surface area contributed by atoms with Crippen LogP contribution in [-0.4, -0.2) is 0 Å². The van der Waals surface area contributed by atoms with Crippen molar-refractivity contribution in [1.82, 2.24) is 0 Å². The number of hydrogen-bond acceptors (Lipinski definition) is 2. The molecular weight excluding hydrogens is 320 g/mol. The quantitative estimate of drug-likeness (QED) is 0.576. The van der Waals surface area contributed by atoms with E-state index >= 15 is 0 Å². The largest absolute Gasteiger partial charge is 0.288 e. The van der Waals surface area contributed by atoms with E-state index in [-0.39, 0.29) is 21.3 Å². The second-order valence-electron chi connectivity index (χ2n) is 6.11. The summed E-state index contributed by atoms with van der Waals surface area (Å²) in [5.41, 5.74) is 2.90. The SMILES string of the molecule is O=c1c(=Cc2ccccc2)c(=O)c1=C(c1ccccc1)c1ccccc1. The Hall–Kier alpha value is -3.52. The molecule has 0 unspecified atom stereocenters. The summed E-state index contributed by atoms with van der Waals surface area (Å²) in [6.45, 7) is 0. The van der Waals surface area contributed by atoms with Gasteiger partial charge in [0.15, 0.2) is 0 Å². The van der Waals surface area contributed by atoms with Crippen LogP contribution < -0.4 is 21.3 Å². The smallest absolute Gasteiger partial charge is 0.201 e. The van der Waals surface area contributed by atoms with Gasteiger partial charge >= 0.3 is 0 Å². The highest BCUT2D eigenvalue weighted by Crippen LogP contribution is 2.19. The minimum absolute atomic E-state index is 0.193. The van der Waals surface area contributed by atoms with Gasteiger partial charge in [-0.05, 0) is 22.8 Å². The first-order valence-corrected chi connectivity index (χ1v) is 8.47. The van der Waals surface area contributed by atoms with Crippen molar-refractivity contribution in [2.45, 2.75) is 0 Å². The monoisotopic (exact) mass is 336 g/mol. The molecule has 2 nitrogen and oxygen atoms in total. The van der Waals surface area contributed by atoms with E-state index in [0.717, 1.165) is 16.7 Å². The lowest BCUT2D eigenvalue weighted by Crippen LogP contribution is -2.65. The molecule has 0 radical (unpaired) electrons. The van der Waals surface area contributed by atoms with Gasteiger partial charge in [-0.1, -0.05) is 91.0 Å². The van der Waals surface area contributed by atoms with Crippen LogP contribution in [0.2, 0.25) is 0 Å². The second kappa shape index (κ2) is 6.77. The van der Waals surface area contributed by atoms with Crippen LogP contribution in [0.3, 0.4) is 0 Å². The maximum atomic E-state index is 12.8. The predicted octanol–water partition coefficient (Wildman–Crippen LogP) is 2.36. The fraction of sp³-hybridized carbons (Fsp3) is 0. The normalized spacial score (nSPS) is 10.6. The van der Waals surface area contributed by atoms with E-state index in [0.29, 0.717) is 5.57 Å². The van der Waals surface area contributed by atoms with E-state index in [9.17, 15) is 9.59 Å². The van der Waals surface area contributed by atoms with Crippen LogP contribution in [0.25, 0.3) is 11.6 Å².